The molecule has 6 rings (SSSR count). The van der Waals surface area contributed by atoms with Gasteiger partial charge in [0, 0.05) is 59.2 Å². The van der Waals surface area contributed by atoms with Crippen LogP contribution >= 0.6 is 34.0 Å². The van der Waals surface area contributed by atoms with E-state index in [0.717, 1.165) is 60.3 Å². The molecule has 4 aromatic rings. The Labute approximate surface area is 296 Å². The number of rotatable bonds is 16. The highest BCUT2D eigenvalue weighted by Crippen LogP contribution is 2.31. The standard InChI is InChI=1S/C37H40N4O4.2BrH/c42-34-28-16-8-12-26-13-9-17-29(32(26)28)35(43)40(34)24-22-38-20-6-4-2-1-3-5-7-21-39-23-25-41-36(44)30-18-10-14-27-15-11-19-31(33(27)30)37(41)45;;/h8-19,38-39H,1-7,20-25H2;2*1H. The molecule has 47 heavy (non-hydrogen) atoms. The third kappa shape index (κ3) is 7.83. The van der Waals surface area contributed by atoms with Crippen LogP contribution < -0.4 is 10.6 Å². The van der Waals surface area contributed by atoms with Crippen molar-refractivity contribution in [3.05, 3.63) is 95.1 Å². The van der Waals surface area contributed by atoms with E-state index in [4.69, 9.17) is 0 Å². The number of imide groups is 2. The van der Waals surface area contributed by atoms with Crippen LogP contribution in [0.5, 0.6) is 0 Å². The summed E-state index contributed by atoms with van der Waals surface area (Å²) < 4.78 is 0. The zero-order valence-corrected chi connectivity index (χ0v) is 29.9. The van der Waals surface area contributed by atoms with Gasteiger partial charge in [0.2, 0.25) is 0 Å². The molecule has 4 amide bonds. The van der Waals surface area contributed by atoms with Crippen molar-refractivity contribution in [2.24, 2.45) is 0 Å². The lowest BCUT2D eigenvalue weighted by molar-refractivity contribution is 0.0596. The van der Waals surface area contributed by atoms with Gasteiger partial charge in [0.05, 0.1) is 0 Å². The number of halogens is 2. The first kappa shape index (κ1) is 36.4. The number of hydrogen-bond donors (Lipinski definition) is 2. The third-order valence-electron chi connectivity index (χ3n) is 8.94. The van der Waals surface area contributed by atoms with Gasteiger partial charge in [-0.25, -0.2) is 0 Å². The van der Waals surface area contributed by atoms with E-state index in [9.17, 15) is 19.2 Å². The maximum Gasteiger partial charge on any atom is 0.261 e. The van der Waals surface area contributed by atoms with E-state index in [-0.39, 0.29) is 57.6 Å². The zero-order chi connectivity index (χ0) is 31.2. The molecule has 0 saturated heterocycles. The largest absolute Gasteiger partial charge is 0.315 e. The molecular weight excluding hydrogens is 724 g/mol. The van der Waals surface area contributed by atoms with Gasteiger partial charge in [0.1, 0.15) is 0 Å². The lowest BCUT2D eigenvalue weighted by Gasteiger charge is -2.27. The first-order chi connectivity index (χ1) is 22.1. The Morgan fingerprint density at radius 1 is 0.404 bits per heavy atom. The Morgan fingerprint density at radius 3 is 1.02 bits per heavy atom. The number of benzene rings is 4. The molecule has 0 saturated carbocycles. The van der Waals surface area contributed by atoms with Gasteiger partial charge >= 0.3 is 0 Å². The quantitative estimate of drug-likeness (QED) is 0.0947. The van der Waals surface area contributed by atoms with Gasteiger partial charge in [-0.2, -0.15) is 0 Å². The number of amides is 4. The van der Waals surface area contributed by atoms with Gasteiger partial charge in [0.25, 0.3) is 23.6 Å². The Bertz CT molecular complexity index is 1530. The van der Waals surface area contributed by atoms with Gasteiger partial charge in [-0.3, -0.25) is 29.0 Å². The predicted molar refractivity (Wildman–Crippen MR) is 197 cm³/mol. The van der Waals surface area contributed by atoms with Crippen molar-refractivity contribution < 1.29 is 19.2 Å². The SMILES string of the molecule is Br.Br.O=C1c2cccc3cccc(c23)C(=O)N1CCNCCCCCCCCCNCCN1C(=O)c2cccc3cccc(c23)C1=O. The van der Waals surface area contributed by atoms with Crippen LogP contribution in [-0.2, 0) is 0 Å². The molecule has 0 fully saturated rings. The van der Waals surface area contributed by atoms with Crippen molar-refractivity contribution in [2.45, 2.75) is 44.9 Å². The molecule has 2 heterocycles. The minimum atomic E-state index is -0.210. The fourth-order valence-corrected chi connectivity index (χ4v) is 6.58. The molecule has 2 N–H and O–H groups in total. The molecule has 2 aliphatic rings. The highest BCUT2D eigenvalue weighted by atomic mass is 79.9. The number of unbranched alkanes of at least 4 members (excludes halogenated alkanes) is 6. The normalized spacial score (nSPS) is 13.7. The van der Waals surface area contributed by atoms with Gasteiger partial charge in [-0.1, -0.05) is 80.6 Å². The summed E-state index contributed by atoms with van der Waals surface area (Å²) in [5.74, 6) is -0.842. The fourth-order valence-electron chi connectivity index (χ4n) is 6.58. The number of nitrogens with one attached hydrogen (secondary N) is 2. The maximum absolute atomic E-state index is 13.0. The second kappa shape index (κ2) is 17.1. The van der Waals surface area contributed by atoms with Crippen LogP contribution in [0, 0.1) is 0 Å². The summed E-state index contributed by atoms with van der Waals surface area (Å²) >= 11 is 0. The molecular formula is C37H42Br2N4O4. The molecule has 8 nitrogen and oxygen atoms in total. The Kier molecular flexibility index (Phi) is 13.2. The molecule has 248 valence electrons. The monoisotopic (exact) mass is 764 g/mol. The number of nitrogens with zero attached hydrogens (tertiary/aromatic N) is 2. The van der Waals surface area contributed by atoms with E-state index in [1.807, 2.05) is 48.5 Å². The van der Waals surface area contributed by atoms with E-state index in [2.05, 4.69) is 10.6 Å². The van der Waals surface area contributed by atoms with Crippen LogP contribution in [0.3, 0.4) is 0 Å². The maximum atomic E-state index is 13.0. The van der Waals surface area contributed by atoms with Crippen LogP contribution in [-0.4, -0.2) is 72.7 Å². The molecule has 2 aliphatic heterocycles. The second-order valence-corrected chi connectivity index (χ2v) is 11.9. The highest BCUT2D eigenvalue weighted by molar-refractivity contribution is 8.93. The second-order valence-electron chi connectivity index (χ2n) is 11.9. The molecule has 0 aromatic heterocycles. The summed E-state index contributed by atoms with van der Waals surface area (Å²) in [5, 5.41) is 10.2. The van der Waals surface area contributed by atoms with Crippen molar-refractivity contribution in [2.75, 3.05) is 39.3 Å². The van der Waals surface area contributed by atoms with E-state index in [1.165, 1.54) is 29.1 Å². The van der Waals surface area contributed by atoms with Crippen LogP contribution in [0.2, 0.25) is 0 Å². The van der Waals surface area contributed by atoms with Crippen molar-refractivity contribution in [3.8, 4) is 0 Å². The van der Waals surface area contributed by atoms with Crippen LogP contribution in [0.4, 0.5) is 0 Å². The summed E-state index contributed by atoms with van der Waals surface area (Å²) in [6, 6.07) is 22.4. The average molecular weight is 767 g/mol. The van der Waals surface area contributed by atoms with Crippen LogP contribution in [0.25, 0.3) is 21.5 Å². The lowest BCUT2D eigenvalue weighted by atomic mass is 9.94. The summed E-state index contributed by atoms with van der Waals surface area (Å²) in [4.78, 5) is 54.7. The highest BCUT2D eigenvalue weighted by Gasteiger charge is 2.33. The predicted octanol–water partition coefficient (Wildman–Crippen LogP) is 6.95. The van der Waals surface area contributed by atoms with Gasteiger partial charge in [-0.15, -0.1) is 34.0 Å². The van der Waals surface area contributed by atoms with Crippen molar-refractivity contribution in [1.29, 1.82) is 0 Å². The van der Waals surface area contributed by atoms with Crippen LogP contribution in [0.15, 0.2) is 72.8 Å². The first-order valence-corrected chi connectivity index (χ1v) is 16.2. The number of carbonyl (C=O) groups excluding carboxylic acids is 4. The Hall–Kier alpha value is -3.44. The Balaban J connectivity index is 0.00000250. The van der Waals surface area contributed by atoms with Crippen molar-refractivity contribution in [1.82, 2.24) is 20.4 Å². The average Bonchev–Trinajstić information content (AvgIpc) is 3.06. The number of hydrogen-bond acceptors (Lipinski definition) is 6. The van der Waals surface area contributed by atoms with Gasteiger partial charge in [-0.05, 0) is 61.0 Å². The minimum absolute atomic E-state index is 0. The molecule has 4 aromatic carbocycles. The van der Waals surface area contributed by atoms with E-state index >= 15 is 0 Å². The molecule has 0 radical (unpaired) electrons. The lowest BCUT2D eigenvalue weighted by Crippen LogP contribution is -2.43. The zero-order valence-electron chi connectivity index (χ0n) is 26.5. The smallest absolute Gasteiger partial charge is 0.261 e. The molecule has 0 aliphatic carbocycles. The molecule has 10 heteroatoms. The summed E-state index contributed by atoms with van der Waals surface area (Å²) in [6.07, 6.45) is 8.01. The summed E-state index contributed by atoms with van der Waals surface area (Å²) in [6.45, 7) is 3.65. The van der Waals surface area contributed by atoms with E-state index in [1.54, 1.807) is 24.3 Å². The van der Waals surface area contributed by atoms with E-state index < -0.39 is 0 Å². The summed E-state index contributed by atoms with van der Waals surface area (Å²) in [7, 11) is 0. The number of carbonyl (C=O) groups is 4. The third-order valence-corrected chi connectivity index (χ3v) is 8.94. The van der Waals surface area contributed by atoms with Crippen molar-refractivity contribution >= 4 is 79.1 Å². The topological polar surface area (TPSA) is 98.8 Å². The van der Waals surface area contributed by atoms with E-state index in [0.29, 0.717) is 48.4 Å². The molecule has 0 spiro atoms. The molecule has 0 bridgehead atoms. The fraction of sp³-hybridized carbons (Fsp3) is 0.351. The Morgan fingerprint density at radius 2 is 0.702 bits per heavy atom. The minimum Gasteiger partial charge on any atom is -0.315 e. The molecule has 0 unspecified atom stereocenters. The van der Waals surface area contributed by atoms with Crippen LogP contribution in [0.1, 0.15) is 86.4 Å². The van der Waals surface area contributed by atoms with Gasteiger partial charge < -0.3 is 10.6 Å². The van der Waals surface area contributed by atoms with Crippen molar-refractivity contribution in [3.63, 3.8) is 0 Å². The summed E-state index contributed by atoms with van der Waals surface area (Å²) in [5.41, 5.74) is 2.42. The van der Waals surface area contributed by atoms with Gasteiger partial charge in [0.15, 0.2) is 0 Å². The molecule has 0 atom stereocenters. The first-order valence-electron chi connectivity index (χ1n) is 16.2.